The van der Waals surface area contributed by atoms with Gasteiger partial charge in [0, 0.05) is 34.1 Å². The number of nitrogens with zero attached hydrogens (tertiary/aromatic N) is 2. The molecule has 10 aromatic rings. The highest BCUT2D eigenvalue weighted by Crippen LogP contribution is 2.45. The number of hydrogen-bond acceptors (Lipinski definition) is 2. The van der Waals surface area contributed by atoms with Gasteiger partial charge in [-0.05, 0) is 149 Å². The molecule has 0 amide bonds. The van der Waals surface area contributed by atoms with Crippen molar-refractivity contribution >= 4 is 66.4 Å². The fraction of sp³-hybridized carbons (Fsp3) is 0.133. The van der Waals surface area contributed by atoms with E-state index in [1.807, 2.05) is 0 Å². The average Bonchev–Trinajstić information content (AvgIpc) is 3.29. The fourth-order valence-electron chi connectivity index (χ4n) is 9.05. The zero-order chi connectivity index (χ0) is 42.6. The van der Waals surface area contributed by atoms with Gasteiger partial charge in [-0.25, -0.2) is 0 Å². The first-order valence-electron chi connectivity index (χ1n) is 21.8. The molecule has 0 saturated heterocycles. The Balaban J connectivity index is 1.09. The zero-order valence-corrected chi connectivity index (χ0v) is 36.5. The van der Waals surface area contributed by atoms with Crippen molar-refractivity contribution in [1.82, 2.24) is 0 Å². The van der Waals surface area contributed by atoms with Crippen molar-refractivity contribution in [3.63, 3.8) is 0 Å². The van der Waals surface area contributed by atoms with E-state index in [0.717, 1.165) is 34.1 Å². The van der Waals surface area contributed by atoms with Gasteiger partial charge in [-0.15, -0.1) is 0 Å². The van der Waals surface area contributed by atoms with Crippen LogP contribution in [-0.4, -0.2) is 0 Å². The normalized spacial score (nSPS) is 12.0. The number of anilines is 6. The predicted octanol–water partition coefficient (Wildman–Crippen LogP) is 17.5. The summed E-state index contributed by atoms with van der Waals surface area (Å²) in [6.07, 6.45) is 0. The topological polar surface area (TPSA) is 6.48 Å². The first kappa shape index (κ1) is 39.0. The molecule has 0 unspecified atom stereocenters. The minimum Gasteiger partial charge on any atom is -0.310 e. The lowest BCUT2D eigenvalue weighted by Crippen LogP contribution is -2.13. The van der Waals surface area contributed by atoms with Gasteiger partial charge in [0.15, 0.2) is 0 Å². The molecular formula is C60H52N2. The quantitative estimate of drug-likeness (QED) is 0.141. The summed E-state index contributed by atoms with van der Waals surface area (Å²) in [6.45, 7) is 13.6. The largest absolute Gasteiger partial charge is 0.310 e. The third-order valence-corrected chi connectivity index (χ3v) is 12.5. The van der Waals surface area contributed by atoms with Gasteiger partial charge in [0.2, 0.25) is 0 Å². The summed E-state index contributed by atoms with van der Waals surface area (Å²) in [4.78, 5) is 4.80. The maximum absolute atomic E-state index is 2.40. The molecule has 0 aliphatic rings. The number of rotatable bonds is 8. The lowest BCUT2D eigenvalue weighted by atomic mass is 9.87. The van der Waals surface area contributed by atoms with Crippen molar-refractivity contribution in [2.75, 3.05) is 9.80 Å². The molecule has 0 bridgehead atoms. The standard InChI is InChI=1S/C60H52N2/c1-59(2,3)49-25-33-53(34-26-49)61(51-29-21-43(22-30-51)41-13-9-7-10-14-41)55-37-45-17-19-47-39-56(40-48-20-18-46(38-55)57(45)58(47)48)62(54-35-27-50(28-36-54)60(4,5)6)52-31-23-44(24-32-52)42-15-11-8-12-16-42/h7-40H,1-6H3. The Morgan fingerprint density at radius 1 is 0.258 bits per heavy atom. The minimum absolute atomic E-state index is 0.0676. The highest BCUT2D eigenvalue weighted by atomic mass is 15.1. The molecule has 0 fully saturated rings. The van der Waals surface area contributed by atoms with Gasteiger partial charge in [0.1, 0.15) is 0 Å². The molecule has 2 heteroatoms. The molecule has 0 saturated carbocycles. The Kier molecular flexibility index (Phi) is 9.68. The lowest BCUT2D eigenvalue weighted by molar-refractivity contribution is 0.590. The summed E-state index contributed by atoms with van der Waals surface area (Å²) in [5, 5.41) is 7.51. The smallest absolute Gasteiger partial charge is 0.0473 e. The van der Waals surface area contributed by atoms with Gasteiger partial charge in [0.25, 0.3) is 0 Å². The summed E-state index contributed by atoms with van der Waals surface area (Å²) in [5.74, 6) is 0. The summed E-state index contributed by atoms with van der Waals surface area (Å²) in [7, 11) is 0. The molecule has 2 nitrogen and oxygen atoms in total. The van der Waals surface area contributed by atoms with Gasteiger partial charge in [0.05, 0.1) is 0 Å². The van der Waals surface area contributed by atoms with Crippen LogP contribution < -0.4 is 9.80 Å². The molecule has 0 atom stereocenters. The first-order chi connectivity index (χ1) is 30.0. The van der Waals surface area contributed by atoms with Gasteiger partial charge in [-0.2, -0.15) is 0 Å². The molecule has 302 valence electrons. The molecule has 0 radical (unpaired) electrons. The van der Waals surface area contributed by atoms with Crippen LogP contribution in [0.25, 0.3) is 54.6 Å². The molecular weight excluding hydrogens is 749 g/mol. The van der Waals surface area contributed by atoms with Gasteiger partial charge < -0.3 is 9.80 Å². The Hall–Kier alpha value is -7.16. The monoisotopic (exact) mass is 800 g/mol. The highest BCUT2D eigenvalue weighted by Gasteiger charge is 2.21. The van der Waals surface area contributed by atoms with Crippen LogP contribution in [0.5, 0.6) is 0 Å². The maximum Gasteiger partial charge on any atom is 0.0473 e. The SMILES string of the molecule is CC(C)(C)c1ccc(N(c2ccc(-c3ccccc3)cc2)c2cc3ccc4cc(N(c5ccc(-c6ccccc6)cc5)c5ccc(C(C)(C)C)cc5)cc5ccc(c2)c3c45)cc1. The van der Waals surface area contributed by atoms with Gasteiger partial charge >= 0.3 is 0 Å². The molecule has 10 aromatic carbocycles. The van der Waals surface area contributed by atoms with E-state index in [0.29, 0.717) is 0 Å². The second-order valence-corrected chi connectivity index (χ2v) is 18.8. The molecule has 0 heterocycles. The molecule has 0 aliphatic carbocycles. The lowest BCUT2D eigenvalue weighted by Gasteiger charge is -2.29. The average molecular weight is 801 g/mol. The molecule has 0 N–H and O–H groups in total. The predicted molar refractivity (Wildman–Crippen MR) is 268 cm³/mol. The summed E-state index contributed by atoms with van der Waals surface area (Å²) in [6, 6.07) is 76.1. The molecule has 10 rings (SSSR count). The Bertz CT molecular complexity index is 2850. The summed E-state index contributed by atoms with van der Waals surface area (Å²) >= 11 is 0. The minimum atomic E-state index is 0.0676. The van der Waals surface area contributed by atoms with Crippen LogP contribution in [0.1, 0.15) is 52.7 Å². The van der Waals surface area contributed by atoms with Crippen LogP contribution in [0.3, 0.4) is 0 Å². The van der Waals surface area contributed by atoms with E-state index in [-0.39, 0.29) is 10.8 Å². The van der Waals surface area contributed by atoms with Crippen LogP contribution >= 0.6 is 0 Å². The van der Waals surface area contributed by atoms with Crippen molar-refractivity contribution in [2.45, 2.75) is 52.4 Å². The van der Waals surface area contributed by atoms with Crippen molar-refractivity contribution in [3.05, 3.63) is 217 Å². The number of benzene rings is 10. The van der Waals surface area contributed by atoms with Crippen LogP contribution in [0.4, 0.5) is 34.1 Å². The second-order valence-electron chi connectivity index (χ2n) is 18.8. The van der Waals surface area contributed by atoms with E-state index in [1.54, 1.807) is 0 Å². The molecule has 0 spiro atoms. The van der Waals surface area contributed by atoms with Crippen LogP contribution in [-0.2, 0) is 10.8 Å². The Morgan fingerprint density at radius 2 is 0.516 bits per heavy atom. The van der Waals surface area contributed by atoms with E-state index in [9.17, 15) is 0 Å². The van der Waals surface area contributed by atoms with E-state index < -0.39 is 0 Å². The summed E-state index contributed by atoms with van der Waals surface area (Å²) in [5.41, 5.74) is 14.4. The van der Waals surface area contributed by atoms with Crippen LogP contribution in [0, 0.1) is 0 Å². The zero-order valence-electron chi connectivity index (χ0n) is 36.5. The van der Waals surface area contributed by atoms with E-state index in [4.69, 9.17) is 0 Å². The number of hydrogen-bond donors (Lipinski definition) is 0. The van der Waals surface area contributed by atoms with E-state index in [2.05, 4.69) is 258 Å². The first-order valence-corrected chi connectivity index (χ1v) is 21.8. The van der Waals surface area contributed by atoms with Crippen molar-refractivity contribution < 1.29 is 0 Å². The van der Waals surface area contributed by atoms with Gasteiger partial charge in [-0.3, -0.25) is 0 Å². The van der Waals surface area contributed by atoms with Crippen molar-refractivity contribution in [2.24, 2.45) is 0 Å². The van der Waals surface area contributed by atoms with Crippen molar-refractivity contribution in [3.8, 4) is 22.3 Å². The Labute approximate surface area is 366 Å². The molecule has 0 aliphatic heterocycles. The third-order valence-electron chi connectivity index (χ3n) is 12.5. The molecule has 62 heavy (non-hydrogen) atoms. The van der Waals surface area contributed by atoms with Crippen LogP contribution in [0.15, 0.2) is 206 Å². The Morgan fingerprint density at radius 3 is 0.790 bits per heavy atom. The summed E-state index contributed by atoms with van der Waals surface area (Å²) < 4.78 is 0. The second kappa shape index (κ2) is 15.4. The van der Waals surface area contributed by atoms with Crippen LogP contribution in [0.2, 0.25) is 0 Å². The van der Waals surface area contributed by atoms with Gasteiger partial charge in [-0.1, -0.05) is 175 Å². The van der Waals surface area contributed by atoms with E-state index >= 15 is 0 Å². The van der Waals surface area contributed by atoms with E-state index in [1.165, 1.54) is 65.7 Å². The highest BCUT2D eigenvalue weighted by molar-refractivity contribution is 6.24. The maximum atomic E-state index is 2.40. The van der Waals surface area contributed by atoms with Crippen molar-refractivity contribution in [1.29, 1.82) is 0 Å². The fourth-order valence-corrected chi connectivity index (χ4v) is 9.05. The molecule has 0 aromatic heterocycles. The third kappa shape index (κ3) is 7.37.